The van der Waals surface area contributed by atoms with E-state index in [1.165, 1.54) is 18.4 Å². The first-order chi connectivity index (χ1) is 6.18. The van der Waals surface area contributed by atoms with Gasteiger partial charge in [0, 0.05) is 5.54 Å². The molecular formula is C10H14ClNS. The third-order valence-corrected chi connectivity index (χ3v) is 3.81. The number of hydrogen-bond acceptors (Lipinski definition) is 2. The number of halogens is 1. The first kappa shape index (κ1) is 9.50. The van der Waals surface area contributed by atoms with Crippen LogP contribution < -0.4 is 5.32 Å². The molecule has 0 spiro atoms. The van der Waals surface area contributed by atoms with Crippen LogP contribution in [-0.4, -0.2) is 12.1 Å². The van der Waals surface area contributed by atoms with Crippen LogP contribution in [0.1, 0.15) is 25.3 Å². The predicted octanol–water partition coefficient (Wildman–Crippen LogP) is 3.09. The summed E-state index contributed by atoms with van der Waals surface area (Å²) in [5.41, 5.74) is 1.68. The van der Waals surface area contributed by atoms with E-state index in [2.05, 4.69) is 23.7 Å². The van der Waals surface area contributed by atoms with Gasteiger partial charge in [0.05, 0.1) is 4.34 Å². The summed E-state index contributed by atoms with van der Waals surface area (Å²) in [6, 6.07) is 2.08. The molecule has 1 aliphatic heterocycles. The van der Waals surface area contributed by atoms with Crippen LogP contribution in [0.5, 0.6) is 0 Å². The van der Waals surface area contributed by atoms with Crippen molar-refractivity contribution in [2.45, 2.75) is 31.7 Å². The summed E-state index contributed by atoms with van der Waals surface area (Å²) in [6.07, 6.45) is 3.69. The van der Waals surface area contributed by atoms with E-state index in [1.807, 2.05) is 0 Å². The molecule has 0 bridgehead atoms. The smallest absolute Gasteiger partial charge is 0.0931 e. The summed E-state index contributed by atoms with van der Waals surface area (Å²) in [5.74, 6) is 0. The van der Waals surface area contributed by atoms with Crippen LogP contribution in [0, 0.1) is 0 Å². The molecule has 1 fully saturated rings. The molecule has 0 amide bonds. The highest BCUT2D eigenvalue weighted by molar-refractivity contribution is 7.14. The van der Waals surface area contributed by atoms with Crippen molar-refractivity contribution in [1.29, 1.82) is 0 Å². The zero-order valence-corrected chi connectivity index (χ0v) is 9.34. The number of rotatable bonds is 2. The van der Waals surface area contributed by atoms with E-state index >= 15 is 0 Å². The maximum absolute atomic E-state index is 5.89. The van der Waals surface area contributed by atoms with Crippen LogP contribution in [-0.2, 0) is 6.42 Å². The topological polar surface area (TPSA) is 12.0 Å². The lowest BCUT2D eigenvalue weighted by Gasteiger charge is -2.23. The van der Waals surface area contributed by atoms with Crippen LogP contribution in [0.2, 0.25) is 4.34 Å². The molecule has 3 heteroatoms. The SMILES string of the molecule is CC1(Cc2csc(Cl)c2)CCCN1. The molecule has 1 aliphatic rings. The minimum Gasteiger partial charge on any atom is -0.311 e. The zero-order valence-electron chi connectivity index (χ0n) is 7.77. The van der Waals surface area contributed by atoms with Gasteiger partial charge < -0.3 is 5.32 Å². The molecule has 1 aromatic heterocycles. The Labute approximate surface area is 88.1 Å². The maximum Gasteiger partial charge on any atom is 0.0931 e. The Kier molecular flexibility index (Phi) is 2.63. The van der Waals surface area contributed by atoms with Gasteiger partial charge in [0.2, 0.25) is 0 Å². The van der Waals surface area contributed by atoms with E-state index < -0.39 is 0 Å². The molecule has 13 heavy (non-hydrogen) atoms. The Morgan fingerprint density at radius 1 is 1.69 bits per heavy atom. The summed E-state index contributed by atoms with van der Waals surface area (Å²) in [6.45, 7) is 3.46. The lowest BCUT2D eigenvalue weighted by Crippen LogP contribution is -2.38. The highest BCUT2D eigenvalue weighted by atomic mass is 35.5. The fraction of sp³-hybridized carbons (Fsp3) is 0.600. The molecule has 2 rings (SSSR count). The Morgan fingerprint density at radius 3 is 3.08 bits per heavy atom. The molecule has 72 valence electrons. The fourth-order valence-corrected chi connectivity index (χ4v) is 2.91. The minimum absolute atomic E-state index is 0.310. The summed E-state index contributed by atoms with van der Waals surface area (Å²) in [4.78, 5) is 0. The molecule has 1 aromatic rings. The highest BCUT2D eigenvalue weighted by Crippen LogP contribution is 2.27. The Bertz CT molecular complexity index is 289. The molecule has 0 radical (unpaired) electrons. The second-order valence-electron chi connectivity index (χ2n) is 4.03. The van der Waals surface area contributed by atoms with Crippen LogP contribution in [0.3, 0.4) is 0 Å². The molecule has 1 nitrogen and oxygen atoms in total. The molecule has 1 unspecified atom stereocenters. The molecule has 1 atom stereocenters. The summed E-state index contributed by atoms with van der Waals surface area (Å²) in [5, 5.41) is 5.71. The molecule has 1 N–H and O–H groups in total. The van der Waals surface area contributed by atoms with Gasteiger partial charge >= 0.3 is 0 Å². The van der Waals surface area contributed by atoms with E-state index in [0.717, 1.165) is 17.3 Å². The van der Waals surface area contributed by atoms with Crippen LogP contribution in [0.4, 0.5) is 0 Å². The van der Waals surface area contributed by atoms with Crippen LogP contribution in [0.15, 0.2) is 11.4 Å². The monoisotopic (exact) mass is 215 g/mol. The Morgan fingerprint density at radius 2 is 2.54 bits per heavy atom. The van der Waals surface area contributed by atoms with Gasteiger partial charge in [-0.15, -0.1) is 11.3 Å². The van der Waals surface area contributed by atoms with E-state index in [-0.39, 0.29) is 0 Å². The molecule has 2 heterocycles. The van der Waals surface area contributed by atoms with Gasteiger partial charge in [0.1, 0.15) is 0 Å². The van der Waals surface area contributed by atoms with E-state index in [1.54, 1.807) is 11.3 Å². The van der Waals surface area contributed by atoms with Crippen molar-refractivity contribution in [3.8, 4) is 0 Å². The summed E-state index contributed by atoms with van der Waals surface area (Å²) in [7, 11) is 0. The summed E-state index contributed by atoms with van der Waals surface area (Å²) >= 11 is 7.51. The van der Waals surface area contributed by atoms with Gasteiger partial charge in [-0.25, -0.2) is 0 Å². The third-order valence-electron chi connectivity index (χ3n) is 2.67. The van der Waals surface area contributed by atoms with Crippen molar-refractivity contribution >= 4 is 22.9 Å². The van der Waals surface area contributed by atoms with Crippen molar-refractivity contribution in [2.24, 2.45) is 0 Å². The zero-order chi connectivity index (χ0) is 9.31. The molecule has 0 aliphatic carbocycles. The van der Waals surface area contributed by atoms with Crippen molar-refractivity contribution in [3.63, 3.8) is 0 Å². The van der Waals surface area contributed by atoms with Crippen molar-refractivity contribution in [3.05, 3.63) is 21.3 Å². The lowest BCUT2D eigenvalue weighted by molar-refractivity contribution is 0.413. The summed E-state index contributed by atoms with van der Waals surface area (Å²) < 4.78 is 0.900. The Balaban J connectivity index is 2.04. The predicted molar refractivity (Wildman–Crippen MR) is 58.7 cm³/mol. The second kappa shape index (κ2) is 3.60. The average molecular weight is 216 g/mol. The van der Waals surface area contributed by atoms with Gasteiger partial charge in [-0.2, -0.15) is 0 Å². The van der Waals surface area contributed by atoms with Gasteiger partial charge in [0.15, 0.2) is 0 Å². The highest BCUT2D eigenvalue weighted by Gasteiger charge is 2.28. The van der Waals surface area contributed by atoms with Crippen molar-refractivity contribution in [1.82, 2.24) is 5.32 Å². The van der Waals surface area contributed by atoms with Crippen molar-refractivity contribution < 1.29 is 0 Å². The standard InChI is InChI=1S/C10H14ClNS/c1-10(3-2-4-12-10)6-8-5-9(11)13-7-8/h5,7,12H,2-4,6H2,1H3. The van der Waals surface area contributed by atoms with Gasteiger partial charge in [-0.1, -0.05) is 11.6 Å². The lowest BCUT2D eigenvalue weighted by atomic mass is 9.93. The quantitative estimate of drug-likeness (QED) is 0.800. The number of hydrogen-bond donors (Lipinski definition) is 1. The molecule has 0 aromatic carbocycles. The molecule has 0 saturated carbocycles. The average Bonchev–Trinajstić information content (AvgIpc) is 2.62. The van der Waals surface area contributed by atoms with Crippen LogP contribution >= 0.6 is 22.9 Å². The Hall–Kier alpha value is -0.0500. The first-order valence-electron chi connectivity index (χ1n) is 4.66. The third kappa shape index (κ3) is 2.25. The maximum atomic E-state index is 5.89. The number of nitrogens with one attached hydrogen (secondary N) is 1. The molecular weight excluding hydrogens is 202 g/mol. The van der Waals surface area contributed by atoms with Gasteiger partial charge in [-0.3, -0.25) is 0 Å². The first-order valence-corrected chi connectivity index (χ1v) is 5.92. The van der Waals surface area contributed by atoms with E-state index in [4.69, 9.17) is 11.6 Å². The van der Waals surface area contributed by atoms with E-state index in [9.17, 15) is 0 Å². The molecule has 1 saturated heterocycles. The minimum atomic E-state index is 0.310. The van der Waals surface area contributed by atoms with Gasteiger partial charge in [0.25, 0.3) is 0 Å². The largest absolute Gasteiger partial charge is 0.311 e. The fourth-order valence-electron chi connectivity index (χ4n) is 2.00. The number of thiophene rings is 1. The van der Waals surface area contributed by atoms with E-state index in [0.29, 0.717) is 5.54 Å². The van der Waals surface area contributed by atoms with Crippen molar-refractivity contribution in [2.75, 3.05) is 6.54 Å². The van der Waals surface area contributed by atoms with Gasteiger partial charge in [-0.05, 0) is 49.7 Å². The van der Waals surface area contributed by atoms with Crippen LogP contribution in [0.25, 0.3) is 0 Å². The second-order valence-corrected chi connectivity index (χ2v) is 5.57. The normalized spacial score (nSPS) is 28.2.